The van der Waals surface area contributed by atoms with Gasteiger partial charge < -0.3 is 16.0 Å². The quantitative estimate of drug-likeness (QED) is 0.203. The minimum absolute atomic E-state index is 0.151. The molecule has 0 saturated carbocycles. The Bertz CT molecular complexity index is 236. The molecule has 0 spiro atoms. The summed E-state index contributed by atoms with van der Waals surface area (Å²) >= 11 is 1.94. The minimum Gasteiger partial charge on any atom is -0.353 e. The summed E-state index contributed by atoms with van der Waals surface area (Å²) in [5.74, 6) is 1.49. The van der Waals surface area contributed by atoms with E-state index in [0.29, 0.717) is 12.5 Å². The number of amides is 1. The van der Waals surface area contributed by atoms with E-state index >= 15 is 0 Å². The second kappa shape index (κ2) is 56.2. The smallest absolute Gasteiger partial charge is 0.219 e. The van der Waals surface area contributed by atoms with Crippen molar-refractivity contribution in [1.29, 1.82) is 5.41 Å². The van der Waals surface area contributed by atoms with Crippen LogP contribution in [0, 0.1) is 5.41 Å². The van der Waals surface area contributed by atoms with Crippen LogP contribution in [0.5, 0.6) is 0 Å². The Morgan fingerprint density at radius 3 is 1.86 bits per heavy atom. The summed E-state index contributed by atoms with van der Waals surface area (Å²) in [5.41, 5.74) is 0. The van der Waals surface area contributed by atoms with Crippen LogP contribution >= 0.6 is 11.8 Å². The van der Waals surface area contributed by atoms with E-state index in [1.54, 1.807) is 6.08 Å². The summed E-state index contributed by atoms with van der Waals surface area (Å²) in [6, 6.07) is 0.338. The van der Waals surface area contributed by atoms with Crippen molar-refractivity contribution in [3.63, 3.8) is 0 Å². The minimum atomic E-state index is 0.151. The van der Waals surface area contributed by atoms with E-state index in [2.05, 4.69) is 44.0 Å². The number of hydrogen-bond acceptors (Lipinski definition) is 4. The molecule has 0 aromatic heterocycles. The van der Waals surface area contributed by atoms with E-state index in [1.165, 1.54) is 25.0 Å². The highest BCUT2D eigenvalue weighted by molar-refractivity contribution is 7.98. The Kier molecular flexibility index (Phi) is 83.4. The highest BCUT2D eigenvalue weighted by atomic mass is 32.2. The first kappa shape index (κ1) is 41.5. The first-order chi connectivity index (χ1) is 13.6. The zero-order valence-corrected chi connectivity index (χ0v) is 21.9. The molecule has 5 heteroatoms. The SMILES string of the molecule is C=CC.C=N.CC.CC.CCC(=O)NC(CC)CCNC.CCCCCSC. The van der Waals surface area contributed by atoms with Gasteiger partial charge in [0, 0.05) is 12.5 Å². The van der Waals surface area contributed by atoms with Crippen LogP contribution in [0.4, 0.5) is 0 Å². The maximum atomic E-state index is 11.0. The summed E-state index contributed by atoms with van der Waals surface area (Å²) < 4.78 is 0. The number of thioether (sulfide) groups is 1. The molecule has 0 aromatic carbocycles. The highest BCUT2D eigenvalue weighted by Crippen LogP contribution is 2.00. The lowest BCUT2D eigenvalue weighted by Gasteiger charge is -2.15. The number of rotatable bonds is 10. The Labute approximate surface area is 183 Å². The molecule has 0 radical (unpaired) electrons. The van der Waals surface area contributed by atoms with Gasteiger partial charge >= 0.3 is 0 Å². The number of nitrogens with one attached hydrogen (secondary N) is 3. The van der Waals surface area contributed by atoms with Gasteiger partial charge in [-0.25, -0.2) is 0 Å². The monoisotopic (exact) mass is 421 g/mol. The van der Waals surface area contributed by atoms with Crippen molar-refractivity contribution in [2.24, 2.45) is 0 Å². The van der Waals surface area contributed by atoms with Gasteiger partial charge in [-0.05, 0) is 58.5 Å². The summed E-state index contributed by atoms with van der Waals surface area (Å²) in [6.07, 6.45) is 10.7. The molecular formula is C23H55N3OS. The molecule has 0 fully saturated rings. The maximum absolute atomic E-state index is 11.0. The van der Waals surface area contributed by atoms with Crippen LogP contribution in [0.25, 0.3) is 0 Å². The van der Waals surface area contributed by atoms with Crippen LogP contribution < -0.4 is 10.6 Å². The van der Waals surface area contributed by atoms with Crippen LogP contribution in [0.1, 0.15) is 93.9 Å². The molecule has 0 bridgehead atoms. The van der Waals surface area contributed by atoms with Gasteiger partial charge in [-0.2, -0.15) is 11.8 Å². The first-order valence-electron chi connectivity index (χ1n) is 10.9. The summed E-state index contributed by atoms with van der Waals surface area (Å²) in [7, 11) is 1.92. The number of unbranched alkanes of at least 4 members (excludes halogenated alkanes) is 2. The Morgan fingerprint density at radius 2 is 1.57 bits per heavy atom. The van der Waals surface area contributed by atoms with Gasteiger partial charge in [0.2, 0.25) is 5.91 Å². The average Bonchev–Trinajstić information content (AvgIpc) is 2.76. The summed E-state index contributed by atoms with van der Waals surface area (Å²) in [6.45, 7) is 22.9. The standard InChI is InChI=1S/C9H20N2O.C6H14S.C3H6.2C2H6.CH3N/c1-4-8(6-7-10-3)11-9(12)5-2;1-3-4-5-6-7-2;1-3-2;3*1-2/h8,10H,4-7H2,1-3H3,(H,11,12);3-6H2,1-2H3;3H,1H2,2H3;2*1-2H3;2H,1H2. The molecule has 0 rings (SSSR count). The Hall–Kier alpha value is -0.810. The Balaban J connectivity index is -0.0000000643. The topological polar surface area (TPSA) is 65.0 Å². The van der Waals surface area contributed by atoms with Gasteiger partial charge in [-0.15, -0.1) is 6.58 Å². The number of carbonyl (C=O) groups excluding carboxylic acids is 1. The molecule has 1 unspecified atom stereocenters. The molecule has 174 valence electrons. The molecule has 0 saturated heterocycles. The fraction of sp³-hybridized carbons (Fsp3) is 0.826. The van der Waals surface area contributed by atoms with Gasteiger partial charge in [-0.1, -0.05) is 67.4 Å². The van der Waals surface area contributed by atoms with Crippen molar-refractivity contribution in [3.05, 3.63) is 12.7 Å². The zero-order chi connectivity index (χ0) is 23.6. The van der Waals surface area contributed by atoms with E-state index in [1.807, 2.05) is 60.4 Å². The molecule has 0 aromatic rings. The predicted molar refractivity (Wildman–Crippen MR) is 137 cm³/mol. The fourth-order valence-corrected chi connectivity index (χ4v) is 2.02. The van der Waals surface area contributed by atoms with E-state index in [-0.39, 0.29) is 5.91 Å². The maximum Gasteiger partial charge on any atom is 0.219 e. The second-order valence-electron chi connectivity index (χ2n) is 5.03. The van der Waals surface area contributed by atoms with Crippen molar-refractivity contribution in [3.8, 4) is 0 Å². The number of carbonyl (C=O) groups is 1. The Morgan fingerprint density at radius 1 is 1.11 bits per heavy atom. The summed E-state index contributed by atoms with van der Waals surface area (Å²) in [5, 5.41) is 11.5. The van der Waals surface area contributed by atoms with E-state index in [4.69, 9.17) is 5.41 Å². The first-order valence-corrected chi connectivity index (χ1v) is 12.3. The lowest BCUT2D eigenvalue weighted by molar-refractivity contribution is -0.121. The molecule has 1 amide bonds. The molecule has 0 aliphatic carbocycles. The summed E-state index contributed by atoms with van der Waals surface area (Å²) in [4.78, 5) is 11.0. The molecule has 28 heavy (non-hydrogen) atoms. The van der Waals surface area contributed by atoms with Gasteiger partial charge in [0.25, 0.3) is 0 Å². The third kappa shape index (κ3) is 63.9. The largest absolute Gasteiger partial charge is 0.353 e. The third-order valence-corrected chi connectivity index (χ3v) is 3.57. The van der Waals surface area contributed by atoms with Gasteiger partial charge in [0.15, 0.2) is 0 Å². The molecule has 4 nitrogen and oxygen atoms in total. The van der Waals surface area contributed by atoms with Crippen LogP contribution in [-0.4, -0.2) is 44.3 Å². The molecule has 0 heterocycles. The van der Waals surface area contributed by atoms with E-state index in [9.17, 15) is 4.79 Å². The number of hydrogen-bond donors (Lipinski definition) is 3. The molecule has 0 aliphatic heterocycles. The average molecular weight is 422 g/mol. The molecular weight excluding hydrogens is 366 g/mol. The van der Waals surface area contributed by atoms with Crippen LogP contribution in [0.2, 0.25) is 0 Å². The van der Waals surface area contributed by atoms with Crippen molar-refractivity contribution in [2.45, 2.75) is 100.0 Å². The number of allylic oxidation sites excluding steroid dienone is 1. The van der Waals surface area contributed by atoms with E-state index in [0.717, 1.165) is 19.4 Å². The van der Waals surface area contributed by atoms with Crippen LogP contribution in [0.3, 0.4) is 0 Å². The lowest BCUT2D eigenvalue weighted by Crippen LogP contribution is -2.35. The van der Waals surface area contributed by atoms with Crippen molar-refractivity contribution in [2.75, 3.05) is 25.6 Å². The highest BCUT2D eigenvalue weighted by Gasteiger charge is 2.07. The predicted octanol–water partition coefficient (Wildman–Crippen LogP) is 6.95. The van der Waals surface area contributed by atoms with Crippen molar-refractivity contribution < 1.29 is 4.79 Å². The van der Waals surface area contributed by atoms with Crippen LogP contribution in [-0.2, 0) is 4.79 Å². The van der Waals surface area contributed by atoms with Crippen molar-refractivity contribution in [1.82, 2.24) is 10.6 Å². The van der Waals surface area contributed by atoms with Gasteiger partial charge in [-0.3, -0.25) is 4.79 Å². The van der Waals surface area contributed by atoms with Gasteiger partial charge in [0.1, 0.15) is 0 Å². The third-order valence-electron chi connectivity index (χ3n) is 2.87. The lowest BCUT2D eigenvalue weighted by atomic mass is 10.1. The van der Waals surface area contributed by atoms with Crippen LogP contribution in [0.15, 0.2) is 12.7 Å². The molecule has 1 atom stereocenters. The molecule has 0 aliphatic rings. The van der Waals surface area contributed by atoms with E-state index < -0.39 is 0 Å². The molecule has 3 N–H and O–H groups in total. The fourth-order valence-electron chi connectivity index (χ4n) is 1.52. The second-order valence-corrected chi connectivity index (χ2v) is 6.01. The van der Waals surface area contributed by atoms with Crippen molar-refractivity contribution >= 4 is 24.4 Å². The zero-order valence-electron chi connectivity index (χ0n) is 21.0. The van der Waals surface area contributed by atoms with Gasteiger partial charge in [0.05, 0.1) is 0 Å². The normalized spacial score (nSPS) is 8.79.